The first kappa shape index (κ1) is 16.1. The lowest BCUT2D eigenvalue weighted by Crippen LogP contribution is -2.34. The molecule has 6 nitrogen and oxygen atoms in total. The molecule has 1 aromatic carbocycles. The Kier molecular flexibility index (Phi) is 4.77. The van der Waals surface area contributed by atoms with Gasteiger partial charge in [0.05, 0.1) is 5.92 Å². The van der Waals surface area contributed by atoms with Crippen molar-refractivity contribution >= 4 is 9.84 Å². The fourth-order valence-corrected chi connectivity index (χ4v) is 3.56. The summed E-state index contributed by atoms with van der Waals surface area (Å²) in [7, 11) is -3.14. The molecule has 1 aliphatic heterocycles. The van der Waals surface area contributed by atoms with E-state index in [1.165, 1.54) is 11.8 Å². The molecular formula is C16H21N3O3S. The van der Waals surface area contributed by atoms with Crippen LogP contribution in [0.1, 0.15) is 36.0 Å². The van der Waals surface area contributed by atoms with Crippen LogP contribution in [-0.4, -0.2) is 42.8 Å². The number of rotatable bonds is 5. The molecule has 124 valence electrons. The average molecular weight is 335 g/mol. The number of benzene rings is 1. The van der Waals surface area contributed by atoms with E-state index < -0.39 is 9.84 Å². The molecule has 0 radical (unpaired) electrons. The lowest BCUT2D eigenvalue weighted by atomic mass is 9.97. The highest BCUT2D eigenvalue weighted by molar-refractivity contribution is 7.89. The van der Waals surface area contributed by atoms with Crippen molar-refractivity contribution in [3.8, 4) is 0 Å². The third-order valence-electron chi connectivity index (χ3n) is 3.98. The molecule has 0 saturated carbocycles. The topological polar surface area (TPSA) is 76.3 Å². The molecule has 2 aromatic rings. The van der Waals surface area contributed by atoms with Gasteiger partial charge < -0.3 is 4.52 Å². The summed E-state index contributed by atoms with van der Waals surface area (Å²) in [5.74, 6) is 0.814. The highest BCUT2D eigenvalue weighted by Gasteiger charge is 2.26. The number of piperidine rings is 1. The van der Waals surface area contributed by atoms with Crippen molar-refractivity contribution in [3.05, 3.63) is 47.6 Å². The van der Waals surface area contributed by atoms with Crippen molar-refractivity contribution in [1.82, 2.24) is 15.0 Å². The van der Waals surface area contributed by atoms with Crippen molar-refractivity contribution < 1.29 is 12.9 Å². The highest BCUT2D eigenvalue weighted by atomic mass is 32.2. The van der Waals surface area contributed by atoms with E-state index in [1.54, 1.807) is 0 Å². The summed E-state index contributed by atoms with van der Waals surface area (Å²) in [5, 5.41) is 3.80. The molecule has 1 unspecified atom stereocenters. The Morgan fingerprint density at radius 3 is 2.83 bits per heavy atom. The molecule has 1 saturated heterocycles. The molecule has 0 aliphatic carbocycles. The monoisotopic (exact) mass is 335 g/mol. The third kappa shape index (κ3) is 4.62. The van der Waals surface area contributed by atoms with Crippen molar-refractivity contribution in [3.63, 3.8) is 0 Å². The number of likely N-dealkylation sites (tertiary alicyclic amines) is 1. The van der Waals surface area contributed by atoms with Crippen LogP contribution in [0.2, 0.25) is 0 Å². The second-order valence-electron chi connectivity index (χ2n) is 6.18. The lowest BCUT2D eigenvalue weighted by Gasteiger charge is -2.30. The Balaban J connectivity index is 1.64. The van der Waals surface area contributed by atoms with Crippen LogP contribution in [0.5, 0.6) is 0 Å². The zero-order valence-electron chi connectivity index (χ0n) is 13.2. The van der Waals surface area contributed by atoms with Crippen LogP contribution in [0.3, 0.4) is 0 Å². The van der Waals surface area contributed by atoms with Crippen molar-refractivity contribution in [2.24, 2.45) is 0 Å². The van der Waals surface area contributed by atoms with E-state index in [9.17, 15) is 8.42 Å². The quantitative estimate of drug-likeness (QED) is 0.832. The summed E-state index contributed by atoms with van der Waals surface area (Å²) in [6, 6.07) is 10.4. The molecular weight excluding hydrogens is 314 g/mol. The Bertz CT molecular complexity index is 743. The van der Waals surface area contributed by atoms with Crippen LogP contribution < -0.4 is 0 Å². The zero-order chi connectivity index (χ0) is 16.3. The number of nitrogens with zero attached hydrogens (tertiary/aromatic N) is 3. The van der Waals surface area contributed by atoms with E-state index >= 15 is 0 Å². The van der Waals surface area contributed by atoms with E-state index in [4.69, 9.17) is 4.52 Å². The normalized spacial score (nSPS) is 19.8. The highest BCUT2D eigenvalue weighted by Crippen LogP contribution is 2.26. The van der Waals surface area contributed by atoms with Gasteiger partial charge in [0.25, 0.3) is 0 Å². The second kappa shape index (κ2) is 6.80. The molecule has 0 N–H and O–H groups in total. The van der Waals surface area contributed by atoms with Gasteiger partial charge in [0, 0.05) is 19.3 Å². The SMILES string of the molecule is CS(=O)(=O)Cc1noc(C2CCCN(Cc3ccccc3)C2)n1. The minimum atomic E-state index is -3.14. The smallest absolute Gasteiger partial charge is 0.231 e. The lowest BCUT2D eigenvalue weighted by molar-refractivity contribution is 0.180. The first-order valence-corrected chi connectivity index (χ1v) is 9.82. The van der Waals surface area contributed by atoms with Crippen molar-refractivity contribution in [1.29, 1.82) is 0 Å². The summed E-state index contributed by atoms with van der Waals surface area (Å²) in [4.78, 5) is 6.66. The molecule has 2 heterocycles. The number of hydrogen-bond donors (Lipinski definition) is 0. The largest absolute Gasteiger partial charge is 0.339 e. The summed E-state index contributed by atoms with van der Waals surface area (Å²) in [6.45, 7) is 2.81. The van der Waals surface area contributed by atoms with Crippen LogP contribution in [0.15, 0.2) is 34.9 Å². The Morgan fingerprint density at radius 2 is 2.09 bits per heavy atom. The maximum atomic E-state index is 11.3. The Labute approximate surface area is 136 Å². The molecule has 0 bridgehead atoms. The minimum absolute atomic E-state index is 0.170. The molecule has 7 heteroatoms. The summed E-state index contributed by atoms with van der Waals surface area (Å²) in [6.07, 6.45) is 3.23. The predicted octanol–water partition coefficient (Wildman–Crippen LogP) is 1.99. The van der Waals surface area contributed by atoms with E-state index in [0.717, 1.165) is 32.5 Å². The van der Waals surface area contributed by atoms with E-state index in [1.807, 2.05) is 18.2 Å². The van der Waals surface area contributed by atoms with Gasteiger partial charge in [0.2, 0.25) is 5.89 Å². The fraction of sp³-hybridized carbons (Fsp3) is 0.500. The Morgan fingerprint density at radius 1 is 1.30 bits per heavy atom. The van der Waals surface area contributed by atoms with Crippen LogP contribution in [0, 0.1) is 0 Å². The first-order chi connectivity index (χ1) is 11.0. The number of sulfone groups is 1. The van der Waals surface area contributed by atoms with Gasteiger partial charge in [-0.2, -0.15) is 4.98 Å². The van der Waals surface area contributed by atoms with Gasteiger partial charge in [0.1, 0.15) is 5.75 Å². The molecule has 0 amide bonds. The summed E-state index contributed by atoms with van der Waals surface area (Å²) < 4.78 is 27.9. The zero-order valence-corrected chi connectivity index (χ0v) is 14.0. The van der Waals surface area contributed by atoms with Gasteiger partial charge in [-0.15, -0.1) is 0 Å². The average Bonchev–Trinajstić information content (AvgIpc) is 2.95. The van der Waals surface area contributed by atoms with Gasteiger partial charge in [-0.25, -0.2) is 8.42 Å². The molecule has 23 heavy (non-hydrogen) atoms. The molecule has 1 atom stereocenters. The molecule has 0 spiro atoms. The van der Waals surface area contributed by atoms with Crippen LogP contribution in [0.4, 0.5) is 0 Å². The third-order valence-corrected chi connectivity index (χ3v) is 4.76. The second-order valence-corrected chi connectivity index (χ2v) is 8.32. The maximum absolute atomic E-state index is 11.3. The van der Waals surface area contributed by atoms with Gasteiger partial charge >= 0.3 is 0 Å². The maximum Gasteiger partial charge on any atom is 0.231 e. The van der Waals surface area contributed by atoms with Crippen molar-refractivity contribution in [2.45, 2.75) is 31.1 Å². The molecule has 1 fully saturated rings. The van der Waals surface area contributed by atoms with Crippen LogP contribution in [-0.2, 0) is 22.1 Å². The molecule has 3 rings (SSSR count). The van der Waals surface area contributed by atoms with Gasteiger partial charge in [0.15, 0.2) is 15.7 Å². The van der Waals surface area contributed by atoms with Crippen molar-refractivity contribution in [2.75, 3.05) is 19.3 Å². The van der Waals surface area contributed by atoms with Crippen LogP contribution in [0.25, 0.3) is 0 Å². The van der Waals surface area contributed by atoms with Gasteiger partial charge in [-0.3, -0.25) is 4.90 Å². The molecule has 1 aromatic heterocycles. The first-order valence-electron chi connectivity index (χ1n) is 7.76. The minimum Gasteiger partial charge on any atom is -0.339 e. The van der Waals surface area contributed by atoms with E-state index in [0.29, 0.717) is 5.89 Å². The number of aromatic nitrogens is 2. The van der Waals surface area contributed by atoms with Gasteiger partial charge in [-0.1, -0.05) is 35.5 Å². The van der Waals surface area contributed by atoms with Crippen LogP contribution >= 0.6 is 0 Å². The Hall–Kier alpha value is -1.73. The van der Waals surface area contributed by atoms with Gasteiger partial charge in [-0.05, 0) is 24.9 Å². The standard InChI is InChI=1S/C16H21N3O3S/c1-23(20,21)12-15-17-16(22-18-15)14-8-5-9-19(11-14)10-13-6-3-2-4-7-13/h2-4,6-7,14H,5,8-12H2,1H3. The van der Waals surface area contributed by atoms with E-state index in [2.05, 4.69) is 27.2 Å². The van der Waals surface area contributed by atoms with E-state index in [-0.39, 0.29) is 17.5 Å². The fourth-order valence-electron chi connectivity index (χ4n) is 2.97. The summed E-state index contributed by atoms with van der Waals surface area (Å²) in [5.41, 5.74) is 1.29. The molecule has 1 aliphatic rings. The summed E-state index contributed by atoms with van der Waals surface area (Å²) >= 11 is 0. The predicted molar refractivity (Wildman–Crippen MR) is 86.5 cm³/mol. The number of hydrogen-bond acceptors (Lipinski definition) is 6.